The van der Waals surface area contributed by atoms with Gasteiger partial charge in [-0.2, -0.15) is 0 Å². The highest BCUT2D eigenvalue weighted by Gasteiger charge is 2.13. The van der Waals surface area contributed by atoms with Gasteiger partial charge in [-0.1, -0.05) is 30.3 Å². The molecule has 23 heavy (non-hydrogen) atoms. The maximum Gasteiger partial charge on any atom is 0.255 e. The number of hydrogen-bond donors (Lipinski definition) is 1. The van der Waals surface area contributed by atoms with E-state index in [-0.39, 0.29) is 5.91 Å². The first-order chi connectivity index (χ1) is 11.2. The van der Waals surface area contributed by atoms with E-state index in [0.29, 0.717) is 31.1 Å². The van der Waals surface area contributed by atoms with Crippen molar-refractivity contribution in [2.24, 2.45) is 0 Å². The Morgan fingerprint density at radius 3 is 2.48 bits per heavy atom. The van der Waals surface area contributed by atoms with Gasteiger partial charge in [0.05, 0.1) is 18.8 Å². The molecule has 0 radical (unpaired) electrons. The lowest BCUT2D eigenvalue weighted by molar-refractivity contribution is 0.0951. The highest BCUT2D eigenvalue weighted by Crippen LogP contribution is 2.23. The quantitative estimate of drug-likeness (QED) is 0.758. The van der Waals surface area contributed by atoms with Crippen molar-refractivity contribution in [1.29, 1.82) is 0 Å². The van der Waals surface area contributed by atoms with Gasteiger partial charge >= 0.3 is 0 Å². The Labute approximate surface area is 137 Å². The summed E-state index contributed by atoms with van der Waals surface area (Å²) in [5.41, 5.74) is 1.54. The van der Waals surface area contributed by atoms with Crippen LogP contribution in [0.2, 0.25) is 0 Å². The summed E-state index contributed by atoms with van der Waals surface area (Å²) in [6.45, 7) is 5.52. The zero-order chi connectivity index (χ0) is 16.5. The second-order valence-electron chi connectivity index (χ2n) is 5.17. The highest BCUT2D eigenvalue weighted by atomic mass is 16.5. The number of nitrogens with one attached hydrogen (secondary N) is 1. The molecule has 0 spiro atoms. The fraction of sp³-hybridized carbons (Fsp3) is 0.316. The summed E-state index contributed by atoms with van der Waals surface area (Å²) in [7, 11) is 0. The molecule has 0 unspecified atom stereocenters. The van der Waals surface area contributed by atoms with Crippen LogP contribution in [0.4, 0.5) is 0 Å². The molecule has 0 atom stereocenters. The summed E-state index contributed by atoms with van der Waals surface area (Å²) >= 11 is 0. The Morgan fingerprint density at radius 2 is 1.74 bits per heavy atom. The minimum atomic E-state index is -0.105. The number of ether oxygens (including phenoxy) is 2. The van der Waals surface area contributed by atoms with Gasteiger partial charge in [0.2, 0.25) is 0 Å². The van der Waals surface area contributed by atoms with E-state index in [2.05, 4.69) is 5.32 Å². The van der Waals surface area contributed by atoms with Crippen molar-refractivity contribution in [1.82, 2.24) is 5.32 Å². The molecular formula is C19H23NO3. The van der Waals surface area contributed by atoms with Gasteiger partial charge in [-0.25, -0.2) is 0 Å². The molecule has 0 saturated carbocycles. The number of rotatable bonds is 8. The molecule has 0 fully saturated rings. The van der Waals surface area contributed by atoms with E-state index in [1.165, 1.54) is 0 Å². The molecule has 4 nitrogen and oxygen atoms in total. The normalized spacial score (nSPS) is 10.2. The van der Waals surface area contributed by atoms with E-state index < -0.39 is 0 Å². The van der Waals surface area contributed by atoms with Gasteiger partial charge in [0.25, 0.3) is 5.91 Å². The summed E-state index contributed by atoms with van der Waals surface area (Å²) in [5.74, 6) is 1.40. The minimum absolute atomic E-state index is 0.105. The maximum absolute atomic E-state index is 12.1. The maximum atomic E-state index is 12.1. The molecule has 1 N–H and O–H groups in total. The molecule has 0 aliphatic heterocycles. The van der Waals surface area contributed by atoms with Crippen LogP contribution in [0.3, 0.4) is 0 Å². The van der Waals surface area contributed by atoms with Crippen LogP contribution >= 0.6 is 0 Å². The van der Waals surface area contributed by atoms with Gasteiger partial charge in [-0.05, 0) is 37.6 Å². The highest BCUT2D eigenvalue weighted by molar-refractivity contribution is 5.97. The molecule has 0 heterocycles. The predicted octanol–water partition coefficient (Wildman–Crippen LogP) is 3.59. The standard InChI is InChI=1S/C19H23NO3/c1-3-20-19(21)17-12-7-9-15(2)18(17)23-14-8-13-22-16-10-5-4-6-11-16/h4-7,9-12H,3,8,13-14H2,1-2H3,(H,20,21). The fourth-order valence-corrected chi connectivity index (χ4v) is 2.22. The second kappa shape index (κ2) is 8.83. The molecule has 2 aromatic carbocycles. The topological polar surface area (TPSA) is 47.6 Å². The van der Waals surface area contributed by atoms with Crippen LogP contribution in [0.15, 0.2) is 48.5 Å². The van der Waals surface area contributed by atoms with E-state index >= 15 is 0 Å². The van der Waals surface area contributed by atoms with Crippen molar-refractivity contribution in [3.8, 4) is 11.5 Å². The Morgan fingerprint density at radius 1 is 1.00 bits per heavy atom. The smallest absolute Gasteiger partial charge is 0.255 e. The van der Waals surface area contributed by atoms with Crippen molar-refractivity contribution < 1.29 is 14.3 Å². The van der Waals surface area contributed by atoms with Crippen LogP contribution < -0.4 is 14.8 Å². The lowest BCUT2D eigenvalue weighted by atomic mass is 10.1. The summed E-state index contributed by atoms with van der Waals surface area (Å²) in [5, 5.41) is 2.81. The Bertz CT molecular complexity index is 626. The van der Waals surface area contributed by atoms with Crippen LogP contribution in [0.5, 0.6) is 11.5 Å². The van der Waals surface area contributed by atoms with Crippen LogP contribution in [0.1, 0.15) is 29.3 Å². The molecule has 0 saturated heterocycles. The average Bonchev–Trinajstić information content (AvgIpc) is 2.57. The zero-order valence-electron chi connectivity index (χ0n) is 13.7. The van der Waals surface area contributed by atoms with E-state index in [1.807, 2.05) is 56.3 Å². The summed E-state index contributed by atoms with van der Waals surface area (Å²) in [6, 6.07) is 15.3. The van der Waals surface area contributed by atoms with Gasteiger partial charge in [0.1, 0.15) is 11.5 Å². The van der Waals surface area contributed by atoms with E-state index in [9.17, 15) is 4.79 Å². The number of aryl methyl sites for hydroxylation is 1. The van der Waals surface area contributed by atoms with Gasteiger partial charge < -0.3 is 14.8 Å². The van der Waals surface area contributed by atoms with E-state index in [4.69, 9.17) is 9.47 Å². The summed E-state index contributed by atoms with van der Waals surface area (Å²) < 4.78 is 11.5. The number of hydrogen-bond acceptors (Lipinski definition) is 3. The Balaban J connectivity index is 1.86. The number of amides is 1. The lowest BCUT2D eigenvalue weighted by Gasteiger charge is -2.14. The first kappa shape index (κ1) is 16.9. The van der Waals surface area contributed by atoms with Crippen molar-refractivity contribution >= 4 is 5.91 Å². The first-order valence-corrected chi connectivity index (χ1v) is 7.91. The molecule has 2 rings (SSSR count). The van der Waals surface area contributed by atoms with Crippen molar-refractivity contribution in [3.05, 3.63) is 59.7 Å². The molecule has 0 bridgehead atoms. The number of para-hydroxylation sites is 2. The molecule has 0 aliphatic carbocycles. The zero-order valence-corrected chi connectivity index (χ0v) is 13.7. The van der Waals surface area contributed by atoms with Crippen LogP contribution in [-0.2, 0) is 0 Å². The van der Waals surface area contributed by atoms with E-state index in [1.54, 1.807) is 6.07 Å². The Kier molecular flexibility index (Phi) is 6.48. The molecular weight excluding hydrogens is 290 g/mol. The van der Waals surface area contributed by atoms with Gasteiger partial charge in [-0.3, -0.25) is 4.79 Å². The van der Waals surface area contributed by atoms with Crippen LogP contribution in [0.25, 0.3) is 0 Å². The van der Waals surface area contributed by atoms with Crippen LogP contribution in [-0.4, -0.2) is 25.7 Å². The largest absolute Gasteiger partial charge is 0.493 e. The van der Waals surface area contributed by atoms with E-state index in [0.717, 1.165) is 17.7 Å². The number of benzene rings is 2. The third-order valence-corrected chi connectivity index (χ3v) is 3.34. The second-order valence-corrected chi connectivity index (χ2v) is 5.17. The molecule has 0 aliphatic rings. The number of carbonyl (C=O) groups is 1. The lowest BCUT2D eigenvalue weighted by Crippen LogP contribution is -2.23. The molecule has 4 heteroatoms. The van der Waals surface area contributed by atoms with Crippen LogP contribution in [0, 0.1) is 6.92 Å². The molecule has 2 aromatic rings. The number of carbonyl (C=O) groups excluding carboxylic acids is 1. The third kappa shape index (κ3) is 5.02. The van der Waals surface area contributed by atoms with Gasteiger partial charge in [-0.15, -0.1) is 0 Å². The molecule has 0 aromatic heterocycles. The van der Waals surface area contributed by atoms with Crippen molar-refractivity contribution in [2.75, 3.05) is 19.8 Å². The SMILES string of the molecule is CCNC(=O)c1cccc(C)c1OCCCOc1ccccc1. The van der Waals surface area contributed by atoms with Crippen molar-refractivity contribution in [2.45, 2.75) is 20.3 Å². The predicted molar refractivity (Wildman–Crippen MR) is 91.2 cm³/mol. The third-order valence-electron chi connectivity index (χ3n) is 3.34. The first-order valence-electron chi connectivity index (χ1n) is 7.91. The molecule has 122 valence electrons. The molecule has 1 amide bonds. The van der Waals surface area contributed by atoms with Gasteiger partial charge in [0.15, 0.2) is 0 Å². The summed E-state index contributed by atoms with van der Waals surface area (Å²) in [6.07, 6.45) is 0.748. The monoisotopic (exact) mass is 313 g/mol. The summed E-state index contributed by atoms with van der Waals surface area (Å²) in [4.78, 5) is 12.1. The van der Waals surface area contributed by atoms with Gasteiger partial charge in [0, 0.05) is 13.0 Å². The fourth-order valence-electron chi connectivity index (χ4n) is 2.22. The Hall–Kier alpha value is -2.49. The average molecular weight is 313 g/mol. The van der Waals surface area contributed by atoms with Crippen molar-refractivity contribution in [3.63, 3.8) is 0 Å². The minimum Gasteiger partial charge on any atom is -0.493 e.